The van der Waals surface area contributed by atoms with Crippen LogP contribution in [0, 0.1) is 0 Å². The van der Waals surface area contributed by atoms with Crippen LogP contribution in [0.25, 0.3) is 0 Å². The first-order valence-corrected chi connectivity index (χ1v) is 8.41. The summed E-state index contributed by atoms with van der Waals surface area (Å²) in [6.07, 6.45) is 11.2. The SMILES string of the molecule is C=CCC1(N[C@H](C=C)CCOCc2ccccc2)CCCC1. The fraction of sp³-hybridized carbons (Fsp3) is 0.500. The molecule has 1 aromatic carbocycles. The highest BCUT2D eigenvalue weighted by Crippen LogP contribution is 2.33. The van der Waals surface area contributed by atoms with E-state index in [1.165, 1.54) is 31.2 Å². The summed E-state index contributed by atoms with van der Waals surface area (Å²) >= 11 is 0. The van der Waals surface area contributed by atoms with Gasteiger partial charge in [0.1, 0.15) is 0 Å². The third-order valence-corrected chi connectivity index (χ3v) is 4.56. The summed E-state index contributed by atoms with van der Waals surface area (Å²) in [4.78, 5) is 0. The van der Waals surface area contributed by atoms with Gasteiger partial charge in [0.2, 0.25) is 0 Å². The lowest BCUT2D eigenvalue weighted by atomic mass is 9.91. The Morgan fingerprint density at radius 2 is 1.91 bits per heavy atom. The van der Waals surface area contributed by atoms with Gasteiger partial charge in [0.25, 0.3) is 0 Å². The van der Waals surface area contributed by atoms with Crippen LogP contribution in [0.2, 0.25) is 0 Å². The zero-order valence-electron chi connectivity index (χ0n) is 13.6. The van der Waals surface area contributed by atoms with Crippen LogP contribution in [0.5, 0.6) is 0 Å². The average molecular weight is 299 g/mol. The van der Waals surface area contributed by atoms with Crippen LogP contribution < -0.4 is 5.32 Å². The molecule has 0 unspecified atom stereocenters. The molecule has 0 radical (unpaired) electrons. The maximum absolute atomic E-state index is 5.80. The van der Waals surface area contributed by atoms with Gasteiger partial charge in [-0.25, -0.2) is 0 Å². The number of hydrogen-bond acceptors (Lipinski definition) is 2. The summed E-state index contributed by atoms with van der Waals surface area (Å²) in [5.74, 6) is 0. The Balaban J connectivity index is 1.74. The summed E-state index contributed by atoms with van der Waals surface area (Å²) in [6.45, 7) is 9.34. The molecule has 0 saturated heterocycles. The van der Waals surface area contributed by atoms with Gasteiger partial charge in [-0.3, -0.25) is 0 Å². The molecule has 0 aromatic heterocycles. The van der Waals surface area contributed by atoms with E-state index in [-0.39, 0.29) is 5.54 Å². The van der Waals surface area contributed by atoms with Crippen LogP contribution in [-0.4, -0.2) is 18.2 Å². The van der Waals surface area contributed by atoms with Crippen LogP contribution in [0.3, 0.4) is 0 Å². The van der Waals surface area contributed by atoms with Crippen LogP contribution in [0.1, 0.15) is 44.1 Å². The van der Waals surface area contributed by atoms with Gasteiger partial charge in [0, 0.05) is 18.2 Å². The highest BCUT2D eigenvalue weighted by molar-refractivity contribution is 5.13. The van der Waals surface area contributed by atoms with Crippen molar-refractivity contribution in [3.8, 4) is 0 Å². The zero-order chi connectivity index (χ0) is 15.7. The number of nitrogens with one attached hydrogen (secondary N) is 1. The van der Waals surface area contributed by atoms with Crippen molar-refractivity contribution in [3.05, 3.63) is 61.2 Å². The molecule has 0 aliphatic heterocycles. The summed E-state index contributed by atoms with van der Waals surface area (Å²) < 4.78 is 5.80. The van der Waals surface area contributed by atoms with E-state index in [2.05, 4.69) is 30.6 Å². The molecule has 1 aliphatic carbocycles. The Labute approximate surface area is 135 Å². The summed E-state index contributed by atoms with van der Waals surface area (Å²) in [5.41, 5.74) is 1.46. The van der Waals surface area contributed by atoms with Gasteiger partial charge in [-0.1, -0.05) is 55.3 Å². The summed E-state index contributed by atoms with van der Waals surface area (Å²) in [5, 5.41) is 3.81. The molecule has 0 heterocycles. The fourth-order valence-corrected chi connectivity index (χ4v) is 3.35. The normalized spacial score (nSPS) is 18.0. The lowest BCUT2D eigenvalue weighted by molar-refractivity contribution is 0.111. The van der Waals surface area contributed by atoms with Crippen molar-refractivity contribution < 1.29 is 4.74 Å². The summed E-state index contributed by atoms with van der Waals surface area (Å²) in [6, 6.07) is 10.6. The standard InChI is InChI=1S/C20H29NO/c1-3-13-20(14-8-9-15-20)21-19(4-2)12-16-22-17-18-10-6-5-7-11-18/h3-7,10-11,19,21H,1-2,8-9,12-17H2/t19-/m1/s1. The molecule has 1 atom stereocenters. The Morgan fingerprint density at radius 3 is 2.55 bits per heavy atom. The second kappa shape index (κ2) is 8.92. The van der Waals surface area contributed by atoms with E-state index >= 15 is 0 Å². The smallest absolute Gasteiger partial charge is 0.0716 e. The first kappa shape index (κ1) is 17.0. The van der Waals surface area contributed by atoms with Gasteiger partial charge in [-0.2, -0.15) is 0 Å². The lowest BCUT2D eigenvalue weighted by Gasteiger charge is -2.33. The number of hydrogen-bond donors (Lipinski definition) is 1. The van der Waals surface area contributed by atoms with Gasteiger partial charge >= 0.3 is 0 Å². The molecular formula is C20H29NO. The third kappa shape index (κ3) is 5.11. The van der Waals surface area contributed by atoms with Crippen molar-refractivity contribution in [1.82, 2.24) is 5.32 Å². The van der Waals surface area contributed by atoms with E-state index in [0.29, 0.717) is 12.6 Å². The molecule has 1 N–H and O–H groups in total. The third-order valence-electron chi connectivity index (χ3n) is 4.56. The van der Waals surface area contributed by atoms with Gasteiger partial charge in [-0.15, -0.1) is 13.2 Å². The molecule has 120 valence electrons. The molecular weight excluding hydrogens is 270 g/mol. The van der Waals surface area contributed by atoms with Crippen molar-refractivity contribution in [3.63, 3.8) is 0 Å². The number of ether oxygens (including phenoxy) is 1. The highest BCUT2D eigenvalue weighted by Gasteiger charge is 2.33. The van der Waals surface area contributed by atoms with E-state index in [1.807, 2.05) is 30.4 Å². The first-order valence-electron chi connectivity index (χ1n) is 8.41. The lowest BCUT2D eigenvalue weighted by Crippen LogP contribution is -2.47. The minimum atomic E-state index is 0.236. The van der Waals surface area contributed by atoms with E-state index in [0.717, 1.165) is 19.4 Å². The second-order valence-electron chi connectivity index (χ2n) is 6.29. The molecule has 1 fully saturated rings. The molecule has 2 nitrogen and oxygen atoms in total. The molecule has 0 spiro atoms. The fourth-order valence-electron chi connectivity index (χ4n) is 3.35. The first-order chi connectivity index (χ1) is 10.8. The monoisotopic (exact) mass is 299 g/mol. The van der Waals surface area contributed by atoms with Gasteiger partial charge in [0.15, 0.2) is 0 Å². The van der Waals surface area contributed by atoms with E-state index in [1.54, 1.807) is 0 Å². The molecule has 0 amide bonds. The Morgan fingerprint density at radius 1 is 1.18 bits per heavy atom. The van der Waals surface area contributed by atoms with E-state index < -0.39 is 0 Å². The Kier molecular flexibility index (Phi) is 6.88. The Bertz CT molecular complexity index is 448. The topological polar surface area (TPSA) is 21.3 Å². The minimum absolute atomic E-state index is 0.236. The van der Waals surface area contributed by atoms with Crippen molar-refractivity contribution in [2.75, 3.05) is 6.61 Å². The van der Waals surface area contributed by atoms with Gasteiger partial charge < -0.3 is 10.1 Å². The molecule has 1 saturated carbocycles. The van der Waals surface area contributed by atoms with Crippen LogP contribution in [-0.2, 0) is 11.3 Å². The van der Waals surface area contributed by atoms with Crippen molar-refractivity contribution in [2.24, 2.45) is 0 Å². The van der Waals surface area contributed by atoms with Crippen LogP contribution in [0.15, 0.2) is 55.6 Å². The van der Waals surface area contributed by atoms with E-state index in [4.69, 9.17) is 4.74 Å². The average Bonchev–Trinajstić information content (AvgIpc) is 3.00. The molecule has 1 aromatic rings. The molecule has 22 heavy (non-hydrogen) atoms. The predicted octanol–water partition coefficient (Wildman–Crippen LogP) is 4.63. The molecule has 2 heteroatoms. The number of benzene rings is 1. The number of rotatable bonds is 10. The Hall–Kier alpha value is -1.38. The van der Waals surface area contributed by atoms with Crippen LogP contribution >= 0.6 is 0 Å². The van der Waals surface area contributed by atoms with Crippen molar-refractivity contribution in [1.29, 1.82) is 0 Å². The highest BCUT2D eigenvalue weighted by atomic mass is 16.5. The quantitative estimate of drug-likeness (QED) is 0.502. The molecule has 1 aliphatic rings. The summed E-state index contributed by atoms with van der Waals surface area (Å²) in [7, 11) is 0. The zero-order valence-corrected chi connectivity index (χ0v) is 13.6. The largest absolute Gasteiger partial charge is 0.377 e. The maximum Gasteiger partial charge on any atom is 0.0716 e. The van der Waals surface area contributed by atoms with Crippen LogP contribution in [0.4, 0.5) is 0 Å². The molecule has 0 bridgehead atoms. The minimum Gasteiger partial charge on any atom is -0.377 e. The second-order valence-corrected chi connectivity index (χ2v) is 6.29. The van der Waals surface area contributed by atoms with Gasteiger partial charge in [0.05, 0.1) is 6.61 Å². The van der Waals surface area contributed by atoms with E-state index in [9.17, 15) is 0 Å². The van der Waals surface area contributed by atoms with Crippen molar-refractivity contribution >= 4 is 0 Å². The van der Waals surface area contributed by atoms with Gasteiger partial charge in [-0.05, 0) is 31.2 Å². The van der Waals surface area contributed by atoms with Crippen molar-refractivity contribution in [2.45, 2.75) is 56.7 Å². The predicted molar refractivity (Wildman–Crippen MR) is 93.8 cm³/mol. The molecule has 2 rings (SSSR count). The maximum atomic E-state index is 5.80.